The predicted octanol–water partition coefficient (Wildman–Crippen LogP) is 2.96. The first kappa shape index (κ1) is 11.8. The maximum Gasteiger partial charge on any atom is 0.276 e. The minimum Gasteiger partial charge on any atom is -0.360 e. The fourth-order valence-corrected chi connectivity index (χ4v) is 2.77. The Hall–Kier alpha value is -1.32. The summed E-state index contributed by atoms with van der Waals surface area (Å²) in [4.78, 5) is 14.2. The molecule has 0 aromatic carbocycles. The second-order valence-electron chi connectivity index (χ2n) is 5.60. The third-order valence-corrected chi connectivity index (χ3v) is 4.17. The lowest BCUT2D eigenvalue weighted by atomic mass is 9.94. The van der Waals surface area contributed by atoms with Gasteiger partial charge in [0.1, 0.15) is 5.76 Å². The maximum atomic E-state index is 12.3. The summed E-state index contributed by atoms with van der Waals surface area (Å²) >= 11 is 0. The van der Waals surface area contributed by atoms with E-state index in [-0.39, 0.29) is 5.91 Å². The smallest absolute Gasteiger partial charge is 0.276 e. The second-order valence-corrected chi connectivity index (χ2v) is 5.60. The molecule has 0 spiro atoms. The standard InChI is InChI=1S/C14H20N2O2/c1-16(11-5-3-2-4-6-11)14(17)12-9-13(18-15-12)10-7-8-10/h9-11H,2-8H2,1H3. The summed E-state index contributed by atoms with van der Waals surface area (Å²) in [5.74, 6) is 1.41. The molecule has 0 unspecified atom stereocenters. The fraction of sp³-hybridized carbons (Fsp3) is 0.714. The molecule has 2 fully saturated rings. The van der Waals surface area contributed by atoms with Gasteiger partial charge in [0.05, 0.1) is 0 Å². The van der Waals surface area contributed by atoms with E-state index in [1.165, 1.54) is 32.1 Å². The third kappa shape index (κ3) is 2.28. The number of hydrogen-bond donors (Lipinski definition) is 0. The van der Waals surface area contributed by atoms with Crippen molar-refractivity contribution in [3.63, 3.8) is 0 Å². The van der Waals surface area contributed by atoms with Crippen LogP contribution >= 0.6 is 0 Å². The molecule has 1 aromatic heterocycles. The first-order valence-corrected chi connectivity index (χ1v) is 6.99. The lowest BCUT2D eigenvalue weighted by molar-refractivity contribution is 0.0685. The molecular weight excluding hydrogens is 228 g/mol. The summed E-state index contributed by atoms with van der Waals surface area (Å²) in [6, 6.07) is 2.21. The van der Waals surface area contributed by atoms with Crippen molar-refractivity contribution in [3.05, 3.63) is 17.5 Å². The highest BCUT2D eigenvalue weighted by Gasteiger charge is 2.30. The highest BCUT2D eigenvalue weighted by molar-refractivity contribution is 5.92. The Kier molecular flexibility index (Phi) is 3.10. The largest absolute Gasteiger partial charge is 0.360 e. The normalized spacial score (nSPS) is 20.9. The van der Waals surface area contributed by atoms with Crippen LogP contribution in [0, 0.1) is 0 Å². The summed E-state index contributed by atoms with van der Waals surface area (Å²) in [7, 11) is 1.89. The van der Waals surface area contributed by atoms with E-state index in [9.17, 15) is 4.79 Å². The zero-order valence-corrected chi connectivity index (χ0v) is 10.9. The molecule has 4 nitrogen and oxygen atoms in total. The number of hydrogen-bond acceptors (Lipinski definition) is 3. The Balaban J connectivity index is 1.67. The molecule has 2 aliphatic carbocycles. The van der Waals surface area contributed by atoms with Crippen molar-refractivity contribution in [3.8, 4) is 0 Å². The van der Waals surface area contributed by atoms with Gasteiger partial charge in [-0.25, -0.2) is 0 Å². The Morgan fingerprint density at radius 1 is 1.28 bits per heavy atom. The average molecular weight is 248 g/mol. The minimum absolute atomic E-state index is 0.0116. The summed E-state index contributed by atoms with van der Waals surface area (Å²) in [5, 5.41) is 3.93. The summed E-state index contributed by atoms with van der Waals surface area (Å²) in [6.07, 6.45) is 8.34. The van der Waals surface area contributed by atoms with Gasteiger partial charge in [-0.3, -0.25) is 4.79 Å². The molecule has 0 N–H and O–H groups in total. The van der Waals surface area contributed by atoms with Crippen LogP contribution in [0.25, 0.3) is 0 Å². The summed E-state index contributed by atoms with van der Waals surface area (Å²) in [6.45, 7) is 0. The van der Waals surface area contributed by atoms with Crippen molar-refractivity contribution in [2.75, 3.05) is 7.05 Å². The highest BCUT2D eigenvalue weighted by Crippen LogP contribution is 2.40. The average Bonchev–Trinajstić information content (AvgIpc) is 3.16. The van der Waals surface area contributed by atoms with E-state index >= 15 is 0 Å². The van der Waals surface area contributed by atoms with Gasteiger partial charge < -0.3 is 9.42 Å². The zero-order valence-electron chi connectivity index (χ0n) is 10.9. The van der Waals surface area contributed by atoms with Gasteiger partial charge in [-0.15, -0.1) is 0 Å². The molecule has 1 amide bonds. The number of amides is 1. The van der Waals surface area contributed by atoms with Crippen molar-refractivity contribution in [1.29, 1.82) is 0 Å². The quantitative estimate of drug-likeness (QED) is 0.826. The molecule has 2 saturated carbocycles. The number of carbonyl (C=O) groups excluding carboxylic acids is 1. The maximum absolute atomic E-state index is 12.3. The zero-order chi connectivity index (χ0) is 12.5. The van der Waals surface area contributed by atoms with E-state index in [1.807, 2.05) is 18.0 Å². The number of carbonyl (C=O) groups is 1. The fourth-order valence-electron chi connectivity index (χ4n) is 2.77. The SMILES string of the molecule is CN(C(=O)c1cc(C2CC2)on1)C1CCCCC1. The van der Waals surface area contributed by atoms with Crippen molar-refractivity contribution in [1.82, 2.24) is 10.1 Å². The Morgan fingerprint density at radius 2 is 2.00 bits per heavy atom. The monoisotopic (exact) mass is 248 g/mol. The van der Waals surface area contributed by atoms with Crippen LogP contribution in [0.3, 0.4) is 0 Å². The molecule has 0 atom stereocenters. The number of aromatic nitrogens is 1. The van der Waals surface area contributed by atoms with Crippen molar-refractivity contribution in [2.45, 2.75) is 56.9 Å². The number of rotatable bonds is 3. The molecule has 0 bridgehead atoms. The molecular formula is C14H20N2O2. The summed E-state index contributed by atoms with van der Waals surface area (Å²) < 4.78 is 5.25. The van der Waals surface area contributed by atoms with Crippen LogP contribution in [-0.4, -0.2) is 29.1 Å². The van der Waals surface area contributed by atoms with E-state index in [2.05, 4.69) is 5.16 Å². The topological polar surface area (TPSA) is 46.3 Å². The first-order valence-electron chi connectivity index (χ1n) is 6.99. The predicted molar refractivity (Wildman–Crippen MR) is 67.4 cm³/mol. The third-order valence-electron chi connectivity index (χ3n) is 4.17. The van der Waals surface area contributed by atoms with Crippen LogP contribution < -0.4 is 0 Å². The summed E-state index contributed by atoms with van der Waals surface area (Å²) in [5.41, 5.74) is 0.477. The molecule has 0 saturated heterocycles. The highest BCUT2D eigenvalue weighted by atomic mass is 16.5. The van der Waals surface area contributed by atoms with Crippen LogP contribution in [0.4, 0.5) is 0 Å². The lowest BCUT2D eigenvalue weighted by Crippen LogP contribution is -2.38. The van der Waals surface area contributed by atoms with Crippen LogP contribution in [0.2, 0.25) is 0 Å². The van der Waals surface area contributed by atoms with Crippen LogP contribution in [-0.2, 0) is 0 Å². The van der Waals surface area contributed by atoms with Gasteiger partial charge in [0.2, 0.25) is 0 Å². The van der Waals surface area contributed by atoms with Crippen LogP contribution in [0.5, 0.6) is 0 Å². The van der Waals surface area contributed by atoms with Crippen LogP contribution in [0.15, 0.2) is 10.6 Å². The molecule has 2 aliphatic rings. The van der Waals surface area contributed by atoms with Gasteiger partial charge in [-0.05, 0) is 25.7 Å². The molecule has 98 valence electrons. The van der Waals surface area contributed by atoms with E-state index in [0.717, 1.165) is 18.6 Å². The van der Waals surface area contributed by atoms with Gasteiger partial charge >= 0.3 is 0 Å². The lowest BCUT2D eigenvalue weighted by Gasteiger charge is -2.30. The van der Waals surface area contributed by atoms with Gasteiger partial charge in [0, 0.05) is 25.1 Å². The van der Waals surface area contributed by atoms with Gasteiger partial charge in [0.15, 0.2) is 5.69 Å². The van der Waals surface area contributed by atoms with Crippen molar-refractivity contribution < 1.29 is 9.32 Å². The molecule has 4 heteroatoms. The second kappa shape index (κ2) is 4.75. The van der Waals surface area contributed by atoms with E-state index < -0.39 is 0 Å². The van der Waals surface area contributed by atoms with Crippen molar-refractivity contribution in [2.24, 2.45) is 0 Å². The first-order chi connectivity index (χ1) is 8.75. The van der Waals surface area contributed by atoms with E-state index in [1.54, 1.807) is 0 Å². The Labute approximate surface area is 107 Å². The van der Waals surface area contributed by atoms with Crippen LogP contribution in [0.1, 0.15) is 67.1 Å². The Morgan fingerprint density at radius 3 is 2.67 bits per heavy atom. The van der Waals surface area contributed by atoms with Gasteiger partial charge in [0.25, 0.3) is 5.91 Å². The van der Waals surface area contributed by atoms with E-state index in [4.69, 9.17) is 4.52 Å². The van der Waals surface area contributed by atoms with E-state index in [0.29, 0.717) is 17.7 Å². The van der Waals surface area contributed by atoms with Crippen molar-refractivity contribution >= 4 is 5.91 Å². The molecule has 1 aromatic rings. The molecule has 3 rings (SSSR count). The molecule has 1 heterocycles. The Bertz CT molecular complexity index is 431. The molecule has 18 heavy (non-hydrogen) atoms. The van der Waals surface area contributed by atoms with Gasteiger partial charge in [-0.2, -0.15) is 0 Å². The number of nitrogens with zero attached hydrogens (tertiary/aromatic N) is 2. The minimum atomic E-state index is 0.0116. The van der Waals surface area contributed by atoms with Gasteiger partial charge in [-0.1, -0.05) is 24.4 Å². The molecule has 0 aliphatic heterocycles. The molecule has 0 radical (unpaired) electrons.